The zero-order chi connectivity index (χ0) is 21.9. The molecule has 0 spiro atoms. The number of amides is 1. The summed E-state index contributed by atoms with van der Waals surface area (Å²) in [6.45, 7) is 0.975. The number of ether oxygens (including phenoxy) is 1. The lowest BCUT2D eigenvalue weighted by molar-refractivity contribution is -0.127. The highest BCUT2D eigenvalue weighted by atomic mass is 19.1. The quantitative estimate of drug-likeness (QED) is 0.656. The monoisotopic (exact) mass is 430 g/mol. The van der Waals surface area contributed by atoms with Crippen LogP contribution in [0.1, 0.15) is 18.4 Å². The molecule has 0 fully saturated rings. The first kappa shape index (κ1) is 20.1. The standard InChI is InChI=1S/C25H23FN4O2/c26-20-6-1-2-7-21(20)28-25(31)24-17-29(22-8-3-4-9-23(22)32-24)16-18-10-12-19(13-11-18)30-15-5-14-27-30/h2-5,7-15,24H,1,6,16-17H2,(H,28,31). The fourth-order valence-corrected chi connectivity index (χ4v) is 3.95. The van der Waals surface area contributed by atoms with Gasteiger partial charge in [0.2, 0.25) is 0 Å². The number of benzene rings is 2. The van der Waals surface area contributed by atoms with Crippen LogP contribution in [0.25, 0.3) is 5.69 Å². The number of allylic oxidation sites excluding steroid dienone is 3. The summed E-state index contributed by atoms with van der Waals surface area (Å²) in [6.07, 6.45) is 7.32. The number of nitrogens with zero attached hydrogens (tertiary/aromatic N) is 3. The summed E-state index contributed by atoms with van der Waals surface area (Å²) in [6, 6.07) is 17.7. The van der Waals surface area contributed by atoms with E-state index in [-0.39, 0.29) is 17.4 Å². The molecule has 2 heterocycles. The Labute approximate surface area is 185 Å². The molecular formula is C25H23FN4O2. The number of nitrogens with one attached hydrogen (secondary N) is 1. The van der Waals surface area contributed by atoms with Crippen molar-refractivity contribution in [2.75, 3.05) is 11.4 Å². The average molecular weight is 430 g/mol. The molecule has 0 saturated heterocycles. The number of carbonyl (C=O) groups is 1. The van der Waals surface area contributed by atoms with Gasteiger partial charge in [-0.2, -0.15) is 5.10 Å². The van der Waals surface area contributed by atoms with Gasteiger partial charge in [0.05, 0.1) is 23.6 Å². The van der Waals surface area contributed by atoms with E-state index in [0.717, 1.165) is 16.9 Å². The summed E-state index contributed by atoms with van der Waals surface area (Å²) in [5.74, 6) is -0.0119. The van der Waals surface area contributed by atoms with Crippen LogP contribution in [-0.2, 0) is 11.3 Å². The van der Waals surface area contributed by atoms with Crippen LogP contribution in [0.5, 0.6) is 5.75 Å². The Balaban J connectivity index is 1.34. The van der Waals surface area contributed by atoms with E-state index in [9.17, 15) is 9.18 Å². The summed E-state index contributed by atoms with van der Waals surface area (Å²) in [5.41, 5.74) is 3.23. The molecule has 1 atom stereocenters. The maximum absolute atomic E-state index is 14.1. The molecule has 7 heteroatoms. The lowest BCUT2D eigenvalue weighted by Crippen LogP contribution is -2.48. The van der Waals surface area contributed by atoms with Gasteiger partial charge in [0.15, 0.2) is 6.10 Å². The third-order valence-electron chi connectivity index (χ3n) is 5.60. The molecule has 2 aliphatic rings. The summed E-state index contributed by atoms with van der Waals surface area (Å²) in [5, 5.41) is 6.95. The van der Waals surface area contributed by atoms with Crippen molar-refractivity contribution in [3.05, 3.63) is 96.2 Å². The number of para-hydroxylation sites is 2. The van der Waals surface area contributed by atoms with Crippen molar-refractivity contribution in [2.45, 2.75) is 25.5 Å². The van der Waals surface area contributed by atoms with Gasteiger partial charge < -0.3 is 15.0 Å². The molecule has 1 unspecified atom stereocenters. The minimum Gasteiger partial charge on any atom is -0.477 e. The highest BCUT2D eigenvalue weighted by Gasteiger charge is 2.31. The van der Waals surface area contributed by atoms with E-state index in [0.29, 0.717) is 31.7 Å². The van der Waals surface area contributed by atoms with E-state index in [1.165, 1.54) is 0 Å². The molecule has 2 aromatic carbocycles. The van der Waals surface area contributed by atoms with Crippen LogP contribution >= 0.6 is 0 Å². The second-order valence-electron chi connectivity index (χ2n) is 7.82. The predicted octanol–water partition coefficient (Wildman–Crippen LogP) is 4.29. The van der Waals surface area contributed by atoms with Crippen LogP contribution < -0.4 is 15.0 Å². The fraction of sp³-hybridized carbons (Fsp3) is 0.200. The first-order valence-corrected chi connectivity index (χ1v) is 10.6. The normalized spacial score (nSPS) is 17.7. The predicted molar refractivity (Wildman–Crippen MR) is 120 cm³/mol. The lowest BCUT2D eigenvalue weighted by atomic mass is 10.1. The molecule has 5 rings (SSSR count). The van der Waals surface area contributed by atoms with Crippen molar-refractivity contribution in [3.63, 3.8) is 0 Å². The minimum absolute atomic E-state index is 0.226. The SMILES string of the molecule is O=C(NC1=C(F)CCC=C1)C1CN(Cc2ccc(-n3cccn3)cc2)c2ccccc2O1. The molecule has 1 aliphatic heterocycles. The third-order valence-corrected chi connectivity index (χ3v) is 5.60. The maximum Gasteiger partial charge on any atom is 0.267 e. The number of rotatable bonds is 5. The van der Waals surface area contributed by atoms with E-state index in [1.54, 1.807) is 12.3 Å². The van der Waals surface area contributed by atoms with Crippen molar-refractivity contribution in [2.24, 2.45) is 0 Å². The third kappa shape index (κ3) is 4.14. The Morgan fingerprint density at radius 3 is 2.78 bits per heavy atom. The second-order valence-corrected chi connectivity index (χ2v) is 7.82. The highest BCUT2D eigenvalue weighted by Crippen LogP contribution is 2.34. The van der Waals surface area contributed by atoms with Crippen molar-refractivity contribution >= 4 is 11.6 Å². The van der Waals surface area contributed by atoms with Crippen molar-refractivity contribution in [3.8, 4) is 11.4 Å². The van der Waals surface area contributed by atoms with Gasteiger partial charge in [0.25, 0.3) is 5.91 Å². The van der Waals surface area contributed by atoms with E-state index < -0.39 is 6.10 Å². The molecule has 6 nitrogen and oxygen atoms in total. The van der Waals surface area contributed by atoms with Crippen molar-refractivity contribution in [1.82, 2.24) is 15.1 Å². The number of hydrogen-bond donors (Lipinski definition) is 1. The van der Waals surface area contributed by atoms with E-state index in [2.05, 4.69) is 27.4 Å². The first-order valence-electron chi connectivity index (χ1n) is 10.6. The smallest absolute Gasteiger partial charge is 0.267 e. The lowest BCUT2D eigenvalue weighted by Gasteiger charge is -2.35. The van der Waals surface area contributed by atoms with Gasteiger partial charge in [0.1, 0.15) is 11.6 Å². The molecule has 1 amide bonds. The van der Waals surface area contributed by atoms with Gasteiger partial charge in [-0.1, -0.05) is 30.3 Å². The minimum atomic E-state index is -0.746. The van der Waals surface area contributed by atoms with Crippen LogP contribution in [-0.4, -0.2) is 28.3 Å². The molecule has 0 bridgehead atoms. The summed E-state index contributed by atoms with van der Waals surface area (Å²) >= 11 is 0. The van der Waals surface area contributed by atoms with Gasteiger partial charge in [-0.3, -0.25) is 4.79 Å². The number of carbonyl (C=O) groups excluding carboxylic acids is 1. The topological polar surface area (TPSA) is 59.4 Å². The Morgan fingerprint density at radius 2 is 2.00 bits per heavy atom. The fourth-order valence-electron chi connectivity index (χ4n) is 3.95. The summed E-state index contributed by atoms with van der Waals surface area (Å²) in [4.78, 5) is 15.0. The number of hydrogen-bond acceptors (Lipinski definition) is 4. The largest absolute Gasteiger partial charge is 0.477 e. The van der Waals surface area contributed by atoms with Crippen LogP contribution in [0, 0.1) is 0 Å². The molecule has 0 saturated carbocycles. The zero-order valence-corrected chi connectivity index (χ0v) is 17.4. The molecule has 1 N–H and O–H groups in total. The van der Waals surface area contributed by atoms with E-state index in [1.807, 2.05) is 59.4 Å². The Bertz CT molecular complexity index is 1170. The van der Waals surface area contributed by atoms with Gasteiger partial charge in [0, 0.05) is 25.4 Å². The van der Waals surface area contributed by atoms with Crippen LogP contribution in [0.15, 0.2) is 90.7 Å². The second kappa shape index (κ2) is 8.70. The number of fused-ring (bicyclic) bond motifs is 1. The average Bonchev–Trinajstić information content (AvgIpc) is 3.36. The molecular weight excluding hydrogens is 407 g/mol. The Kier molecular flexibility index (Phi) is 5.46. The van der Waals surface area contributed by atoms with Crippen LogP contribution in [0.2, 0.25) is 0 Å². The van der Waals surface area contributed by atoms with Gasteiger partial charge in [-0.25, -0.2) is 9.07 Å². The van der Waals surface area contributed by atoms with Crippen molar-refractivity contribution in [1.29, 1.82) is 0 Å². The summed E-state index contributed by atoms with van der Waals surface area (Å²) in [7, 11) is 0. The van der Waals surface area contributed by atoms with Gasteiger partial charge >= 0.3 is 0 Å². The highest BCUT2D eigenvalue weighted by molar-refractivity contribution is 5.85. The number of halogens is 1. The number of anilines is 1. The molecule has 162 valence electrons. The summed E-state index contributed by atoms with van der Waals surface area (Å²) < 4.78 is 21.8. The molecule has 1 aromatic heterocycles. The zero-order valence-electron chi connectivity index (χ0n) is 17.4. The van der Waals surface area contributed by atoms with Gasteiger partial charge in [-0.05, 0) is 48.4 Å². The molecule has 32 heavy (non-hydrogen) atoms. The van der Waals surface area contributed by atoms with Crippen LogP contribution in [0.4, 0.5) is 10.1 Å². The maximum atomic E-state index is 14.1. The first-order chi connectivity index (χ1) is 15.7. The number of aromatic nitrogens is 2. The molecule has 3 aromatic rings. The molecule has 0 radical (unpaired) electrons. The molecule has 1 aliphatic carbocycles. The van der Waals surface area contributed by atoms with E-state index >= 15 is 0 Å². The Morgan fingerprint density at radius 1 is 1.16 bits per heavy atom. The van der Waals surface area contributed by atoms with E-state index in [4.69, 9.17) is 4.74 Å². The Hall–Kier alpha value is -3.87. The van der Waals surface area contributed by atoms with Gasteiger partial charge in [-0.15, -0.1) is 0 Å². The van der Waals surface area contributed by atoms with Crippen LogP contribution in [0.3, 0.4) is 0 Å². The van der Waals surface area contributed by atoms with Crippen molar-refractivity contribution < 1.29 is 13.9 Å².